The molecule has 0 spiro atoms. The van der Waals surface area contributed by atoms with E-state index in [1.165, 1.54) is 0 Å². The maximum absolute atomic E-state index is 9.94. The van der Waals surface area contributed by atoms with Gasteiger partial charge >= 0.3 is 0 Å². The third kappa shape index (κ3) is 2.21. The van der Waals surface area contributed by atoms with Crippen LogP contribution < -0.4 is 0 Å². The van der Waals surface area contributed by atoms with Crippen LogP contribution in [0, 0.1) is 18.8 Å². The Kier molecular flexibility index (Phi) is 3.07. The molecule has 0 atom stereocenters. The second-order valence-electron chi connectivity index (χ2n) is 2.35. The third-order valence-electron chi connectivity index (χ3n) is 1.45. The van der Waals surface area contributed by atoms with Crippen molar-refractivity contribution in [2.24, 2.45) is 0 Å². The summed E-state index contributed by atoms with van der Waals surface area (Å²) >= 11 is 3.38. The van der Waals surface area contributed by atoms with Crippen LogP contribution in [0.25, 0.3) is 0 Å². The van der Waals surface area contributed by atoms with E-state index in [0.717, 1.165) is 15.6 Å². The molecule has 0 unspecified atom stereocenters. The van der Waals surface area contributed by atoms with Crippen molar-refractivity contribution in [1.82, 2.24) is 0 Å². The molecule has 0 fully saturated rings. The Hall–Kier alpha value is -1.07. The van der Waals surface area contributed by atoms with Crippen LogP contribution in [0.2, 0.25) is 0 Å². The van der Waals surface area contributed by atoms with Gasteiger partial charge in [0.1, 0.15) is 0 Å². The predicted octanol–water partition coefficient (Wildman–Crippen LogP) is 2.31. The molecule has 12 heavy (non-hydrogen) atoms. The molecular weight excluding hydrogens is 216 g/mol. The minimum Gasteiger partial charge on any atom is -0.289 e. The zero-order valence-corrected chi connectivity index (χ0v) is 8.18. The number of aryl methyl sites for hydroxylation is 1. The van der Waals surface area contributed by atoms with Gasteiger partial charge in [0.15, 0.2) is 6.29 Å². The van der Waals surface area contributed by atoms with Crippen LogP contribution in [0.3, 0.4) is 0 Å². The van der Waals surface area contributed by atoms with Crippen molar-refractivity contribution >= 4 is 22.2 Å². The van der Waals surface area contributed by atoms with Gasteiger partial charge in [-0.05, 0) is 30.5 Å². The minimum absolute atomic E-state index is 0.591. The van der Waals surface area contributed by atoms with E-state index in [4.69, 9.17) is 0 Å². The number of hydrogen-bond acceptors (Lipinski definition) is 1. The van der Waals surface area contributed by atoms with Crippen molar-refractivity contribution in [1.29, 1.82) is 0 Å². The fourth-order valence-electron chi connectivity index (χ4n) is 0.783. The summed E-state index contributed by atoms with van der Waals surface area (Å²) in [6.07, 6.45) is 0.591. The minimum atomic E-state index is 0.591. The molecule has 0 aliphatic rings. The summed E-state index contributed by atoms with van der Waals surface area (Å²) < 4.78 is 1.01. The number of rotatable bonds is 0. The van der Waals surface area contributed by atoms with Gasteiger partial charge in [0.25, 0.3) is 0 Å². The van der Waals surface area contributed by atoms with Gasteiger partial charge in [-0.15, -0.1) is 0 Å². The molecule has 0 saturated heterocycles. The van der Waals surface area contributed by atoms with Gasteiger partial charge < -0.3 is 0 Å². The number of benzene rings is 1. The largest absolute Gasteiger partial charge is 0.289 e. The number of aldehydes is 1. The maximum Gasteiger partial charge on any atom is 0.193 e. The lowest BCUT2D eigenvalue weighted by molar-refractivity contribution is -0.103. The Bertz CT molecular complexity index is 358. The molecule has 0 aliphatic heterocycles. The molecule has 0 amide bonds. The van der Waals surface area contributed by atoms with Crippen LogP contribution in [0.4, 0.5) is 0 Å². The van der Waals surface area contributed by atoms with Crippen LogP contribution in [0.1, 0.15) is 11.1 Å². The fourth-order valence-corrected chi connectivity index (χ4v) is 1.16. The molecule has 0 N–H and O–H groups in total. The van der Waals surface area contributed by atoms with Crippen molar-refractivity contribution in [3.05, 3.63) is 33.8 Å². The molecule has 60 valence electrons. The van der Waals surface area contributed by atoms with E-state index in [1.54, 1.807) is 0 Å². The highest BCUT2D eigenvalue weighted by Gasteiger charge is 1.93. The summed E-state index contributed by atoms with van der Waals surface area (Å²) in [6.45, 7) is 2.00. The number of halogens is 1. The molecule has 2 heteroatoms. The normalized spacial score (nSPS) is 8.50. The Balaban J connectivity index is 3.04. The zero-order chi connectivity index (χ0) is 8.97. The van der Waals surface area contributed by atoms with Gasteiger partial charge in [-0.1, -0.05) is 27.9 Å². The highest BCUT2D eigenvalue weighted by Crippen LogP contribution is 2.16. The van der Waals surface area contributed by atoms with Crippen LogP contribution in [-0.4, -0.2) is 6.29 Å². The number of hydrogen-bond donors (Lipinski definition) is 0. The topological polar surface area (TPSA) is 17.1 Å². The van der Waals surface area contributed by atoms with Gasteiger partial charge in [0.05, 0.1) is 0 Å². The Morgan fingerprint density at radius 3 is 2.83 bits per heavy atom. The smallest absolute Gasteiger partial charge is 0.193 e. The lowest BCUT2D eigenvalue weighted by Crippen LogP contribution is -1.78. The Labute approximate surface area is 79.9 Å². The van der Waals surface area contributed by atoms with Crippen molar-refractivity contribution in [3.63, 3.8) is 0 Å². The first-order valence-electron chi connectivity index (χ1n) is 3.45. The van der Waals surface area contributed by atoms with Crippen LogP contribution in [0.15, 0.2) is 22.7 Å². The van der Waals surface area contributed by atoms with E-state index in [1.807, 2.05) is 25.1 Å². The Morgan fingerprint density at radius 1 is 1.50 bits per heavy atom. The first-order valence-corrected chi connectivity index (χ1v) is 4.24. The van der Waals surface area contributed by atoms with Crippen molar-refractivity contribution in [2.75, 3.05) is 0 Å². The van der Waals surface area contributed by atoms with E-state index >= 15 is 0 Å². The summed E-state index contributed by atoms with van der Waals surface area (Å²) in [7, 11) is 0. The molecule has 1 aromatic carbocycles. The van der Waals surface area contributed by atoms with Gasteiger partial charge in [0.2, 0.25) is 0 Å². The zero-order valence-electron chi connectivity index (χ0n) is 6.60. The first-order chi connectivity index (χ1) is 5.74. The number of carbonyl (C=O) groups is 1. The van der Waals surface area contributed by atoms with E-state index in [0.29, 0.717) is 6.29 Å². The molecular formula is C10H7BrO. The summed E-state index contributed by atoms with van der Waals surface area (Å²) in [5.74, 6) is 5.07. The summed E-state index contributed by atoms with van der Waals surface area (Å²) in [4.78, 5) is 9.94. The second-order valence-corrected chi connectivity index (χ2v) is 3.21. The first kappa shape index (κ1) is 9.02. The summed E-state index contributed by atoms with van der Waals surface area (Å²) in [5, 5.41) is 0. The van der Waals surface area contributed by atoms with Gasteiger partial charge in [-0.3, -0.25) is 4.79 Å². The highest BCUT2D eigenvalue weighted by atomic mass is 79.9. The van der Waals surface area contributed by atoms with Gasteiger partial charge in [-0.2, -0.15) is 0 Å². The molecule has 1 rings (SSSR count). The average Bonchev–Trinajstić information content (AvgIpc) is 2.07. The summed E-state index contributed by atoms with van der Waals surface area (Å²) in [6, 6.07) is 5.74. The van der Waals surface area contributed by atoms with Crippen molar-refractivity contribution in [2.45, 2.75) is 6.92 Å². The monoisotopic (exact) mass is 222 g/mol. The van der Waals surface area contributed by atoms with Gasteiger partial charge in [0, 0.05) is 10.0 Å². The lowest BCUT2D eigenvalue weighted by Gasteiger charge is -1.96. The molecule has 1 aromatic rings. The molecule has 0 saturated carbocycles. The van der Waals surface area contributed by atoms with E-state index in [2.05, 4.69) is 27.8 Å². The fraction of sp³-hybridized carbons (Fsp3) is 0.100. The van der Waals surface area contributed by atoms with Crippen LogP contribution in [-0.2, 0) is 4.79 Å². The van der Waals surface area contributed by atoms with Crippen molar-refractivity contribution in [3.8, 4) is 11.8 Å². The predicted molar refractivity (Wildman–Crippen MR) is 51.8 cm³/mol. The quantitative estimate of drug-likeness (QED) is 0.487. The molecule has 0 aliphatic carbocycles. The van der Waals surface area contributed by atoms with Crippen molar-refractivity contribution < 1.29 is 4.79 Å². The third-order valence-corrected chi connectivity index (χ3v) is 2.30. The molecule has 0 aromatic heterocycles. The molecule has 1 nitrogen and oxygen atoms in total. The lowest BCUT2D eigenvalue weighted by atomic mass is 10.2. The molecule has 0 radical (unpaired) electrons. The van der Waals surface area contributed by atoms with E-state index < -0.39 is 0 Å². The van der Waals surface area contributed by atoms with Gasteiger partial charge in [-0.25, -0.2) is 0 Å². The summed E-state index contributed by atoms with van der Waals surface area (Å²) in [5.41, 5.74) is 2.01. The standard InChI is InChI=1S/C10H7BrO/c1-8-4-5-9(3-2-6-12)7-10(8)11/h4-7H,1H3. The molecule has 0 bridgehead atoms. The molecule has 0 heterocycles. The maximum atomic E-state index is 9.94. The van der Waals surface area contributed by atoms with E-state index in [9.17, 15) is 4.79 Å². The Morgan fingerprint density at radius 2 is 2.25 bits per heavy atom. The number of carbonyl (C=O) groups excluding carboxylic acids is 1. The van der Waals surface area contributed by atoms with Crippen LogP contribution >= 0.6 is 15.9 Å². The van der Waals surface area contributed by atoms with Crippen LogP contribution in [0.5, 0.6) is 0 Å². The van der Waals surface area contributed by atoms with E-state index in [-0.39, 0.29) is 0 Å². The SMILES string of the molecule is Cc1ccc(C#CC=O)cc1Br. The second kappa shape index (κ2) is 4.08. The average molecular weight is 223 g/mol. The highest BCUT2D eigenvalue weighted by molar-refractivity contribution is 9.10.